The second kappa shape index (κ2) is 8.36. The zero-order valence-electron chi connectivity index (χ0n) is 14.4. The lowest BCUT2D eigenvalue weighted by atomic mass is 10.1. The lowest BCUT2D eigenvalue weighted by Gasteiger charge is -2.17. The van der Waals surface area contributed by atoms with Crippen LogP contribution in [0.2, 0.25) is 0 Å². The largest absolute Gasteiger partial charge is 0.494 e. The van der Waals surface area contributed by atoms with Crippen molar-refractivity contribution in [3.05, 3.63) is 53.6 Å². The predicted molar refractivity (Wildman–Crippen MR) is 96.9 cm³/mol. The van der Waals surface area contributed by atoms with Gasteiger partial charge in [-0.3, -0.25) is 4.79 Å². The van der Waals surface area contributed by atoms with Crippen LogP contribution in [0.4, 0.5) is 11.4 Å². The number of amides is 1. The summed E-state index contributed by atoms with van der Waals surface area (Å²) in [5, 5.41) is 12.3. The topological polar surface area (TPSA) is 61.8 Å². The number of hydrogen-bond donors (Lipinski definition) is 2. The van der Waals surface area contributed by atoms with Crippen LogP contribution in [-0.4, -0.2) is 31.2 Å². The number of aliphatic hydroxyl groups excluding tert-OH is 1. The third-order valence-corrected chi connectivity index (χ3v) is 3.83. The standard InChI is InChI=1S/C19H24N2O3/c1-4-21(3)17-9-6-14(7-10-17)19(23)20-16-8-11-18(24-5-2)15(12-16)13-22/h6-12,22H,4-5,13H2,1-3H3,(H,20,23). The Hall–Kier alpha value is -2.53. The molecule has 0 unspecified atom stereocenters. The highest BCUT2D eigenvalue weighted by Crippen LogP contribution is 2.23. The smallest absolute Gasteiger partial charge is 0.255 e. The van der Waals surface area contributed by atoms with Crippen molar-refractivity contribution in [1.29, 1.82) is 0 Å². The van der Waals surface area contributed by atoms with E-state index in [9.17, 15) is 9.90 Å². The number of anilines is 2. The second-order valence-electron chi connectivity index (χ2n) is 5.43. The van der Waals surface area contributed by atoms with E-state index < -0.39 is 0 Å². The maximum absolute atomic E-state index is 12.4. The first kappa shape index (κ1) is 17.8. The Labute approximate surface area is 142 Å². The Morgan fingerprint density at radius 1 is 1.17 bits per heavy atom. The zero-order valence-corrected chi connectivity index (χ0v) is 14.4. The summed E-state index contributed by atoms with van der Waals surface area (Å²) in [6, 6.07) is 12.7. The summed E-state index contributed by atoms with van der Waals surface area (Å²) in [6.45, 7) is 5.25. The van der Waals surface area contributed by atoms with Crippen molar-refractivity contribution < 1.29 is 14.6 Å². The fraction of sp³-hybridized carbons (Fsp3) is 0.316. The van der Waals surface area contributed by atoms with Crippen LogP contribution in [-0.2, 0) is 6.61 Å². The number of rotatable bonds is 7. The summed E-state index contributed by atoms with van der Waals surface area (Å²) in [6.07, 6.45) is 0. The molecule has 2 aromatic carbocycles. The van der Waals surface area contributed by atoms with E-state index in [0.717, 1.165) is 12.2 Å². The maximum Gasteiger partial charge on any atom is 0.255 e. The molecule has 5 nitrogen and oxygen atoms in total. The number of nitrogens with one attached hydrogen (secondary N) is 1. The quantitative estimate of drug-likeness (QED) is 0.819. The van der Waals surface area contributed by atoms with Gasteiger partial charge in [0.2, 0.25) is 0 Å². The summed E-state index contributed by atoms with van der Waals surface area (Å²) < 4.78 is 5.44. The van der Waals surface area contributed by atoms with Crippen LogP contribution >= 0.6 is 0 Å². The van der Waals surface area contributed by atoms with E-state index in [0.29, 0.717) is 29.2 Å². The normalized spacial score (nSPS) is 10.3. The van der Waals surface area contributed by atoms with E-state index in [-0.39, 0.29) is 12.5 Å². The van der Waals surface area contributed by atoms with Crippen molar-refractivity contribution in [3.8, 4) is 5.75 Å². The van der Waals surface area contributed by atoms with Crippen LogP contribution < -0.4 is 15.0 Å². The van der Waals surface area contributed by atoms with Crippen molar-refractivity contribution in [2.24, 2.45) is 0 Å². The summed E-state index contributed by atoms with van der Waals surface area (Å²) in [5.74, 6) is 0.443. The maximum atomic E-state index is 12.4. The first-order chi connectivity index (χ1) is 11.6. The van der Waals surface area contributed by atoms with Crippen molar-refractivity contribution in [3.63, 3.8) is 0 Å². The molecule has 0 heterocycles. The summed E-state index contributed by atoms with van der Waals surface area (Å²) in [5.41, 5.74) is 2.93. The number of aliphatic hydroxyl groups is 1. The van der Waals surface area contributed by atoms with Crippen molar-refractivity contribution in [2.45, 2.75) is 20.5 Å². The number of benzene rings is 2. The fourth-order valence-electron chi connectivity index (χ4n) is 2.33. The van der Waals surface area contributed by atoms with Crippen molar-refractivity contribution in [2.75, 3.05) is 30.4 Å². The van der Waals surface area contributed by atoms with Crippen LogP contribution in [0.5, 0.6) is 5.75 Å². The molecule has 5 heteroatoms. The number of carbonyl (C=O) groups is 1. The van der Waals surface area contributed by atoms with Gasteiger partial charge < -0.3 is 20.1 Å². The van der Waals surface area contributed by atoms with Gasteiger partial charge in [0, 0.05) is 36.1 Å². The Kier molecular flexibility index (Phi) is 6.21. The summed E-state index contributed by atoms with van der Waals surface area (Å²) >= 11 is 0. The minimum Gasteiger partial charge on any atom is -0.494 e. The van der Waals surface area contributed by atoms with E-state index >= 15 is 0 Å². The van der Waals surface area contributed by atoms with E-state index in [1.165, 1.54) is 0 Å². The van der Waals surface area contributed by atoms with Gasteiger partial charge in [0.25, 0.3) is 5.91 Å². The number of hydrogen-bond acceptors (Lipinski definition) is 4. The highest BCUT2D eigenvalue weighted by atomic mass is 16.5. The molecule has 0 aliphatic rings. The number of ether oxygens (including phenoxy) is 1. The SMILES string of the molecule is CCOc1ccc(NC(=O)c2ccc(N(C)CC)cc2)cc1CO. The third-order valence-electron chi connectivity index (χ3n) is 3.83. The number of nitrogens with zero attached hydrogens (tertiary/aromatic N) is 1. The molecule has 2 aromatic rings. The van der Waals surface area contributed by atoms with Crippen molar-refractivity contribution in [1.82, 2.24) is 0 Å². The summed E-state index contributed by atoms with van der Waals surface area (Å²) in [4.78, 5) is 14.5. The van der Waals surface area contributed by atoms with Gasteiger partial charge >= 0.3 is 0 Å². The average molecular weight is 328 g/mol. The molecular formula is C19H24N2O3. The molecule has 0 saturated heterocycles. The Morgan fingerprint density at radius 3 is 2.46 bits per heavy atom. The van der Waals surface area contributed by atoms with Gasteiger partial charge in [-0.1, -0.05) is 0 Å². The molecule has 2 N–H and O–H groups in total. The lowest BCUT2D eigenvalue weighted by molar-refractivity contribution is 0.102. The zero-order chi connectivity index (χ0) is 17.5. The third kappa shape index (κ3) is 4.26. The second-order valence-corrected chi connectivity index (χ2v) is 5.43. The molecule has 0 fully saturated rings. The van der Waals surface area contributed by atoms with Crippen molar-refractivity contribution >= 4 is 17.3 Å². The molecule has 0 spiro atoms. The first-order valence-electron chi connectivity index (χ1n) is 8.08. The predicted octanol–water partition coefficient (Wildman–Crippen LogP) is 3.29. The highest BCUT2D eigenvalue weighted by Gasteiger charge is 2.09. The Morgan fingerprint density at radius 2 is 1.88 bits per heavy atom. The van der Waals surface area contributed by atoms with Crippen LogP contribution in [0.3, 0.4) is 0 Å². The van der Waals surface area contributed by atoms with Crippen LogP contribution in [0.15, 0.2) is 42.5 Å². The monoisotopic (exact) mass is 328 g/mol. The fourth-order valence-corrected chi connectivity index (χ4v) is 2.33. The lowest BCUT2D eigenvalue weighted by Crippen LogP contribution is -2.16. The molecule has 0 aliphatic carbocycles. The minimum atomic E-state index is -0.186. The molecule has 0 atom stereocenters. The first-order valence-corrected chi connectivity index (χ1v) is 8.08. The Bertz CT molecular complexity index is 684. The van der Waals surface area contributed by atoms with Gasteiger partial charge in [-0.05, 0) is 56.3 Å². The molecule has 2 rings (SSSR count). The van der Waals surface area contributed by atoms with Crippen LogP contribution in [0, 0.1) is 0 Å². The molecular weight excluding hydrogens is 304 g/mol. The van der Waals surface area contributed by atoms with Gasteiger partial charge in [0.05, 0.1) is 13.2 Å². The van der Waals surface area contributed by atoms with Gasteiger partial charge in [0.1, 0.15) is 5.75 Å². The van der Waals surface area contributed by atoms with E-state index in [1.807, 2.05) is 26.1 Å². The van der Waals surface area contributed by atoms with Gasteiger partial charge in [0.15, 0.2) is 0 Å². The Balaban J connectivity index is 2.11. The number of carbonyl (C=O) groups excluding carboxylic acids is 1. The average Bonchev–Trinajstić information content (AvgIpc) is 2.62. The highest BCUT2D eigenvalue weighted by molar-refractivity contribution is 6.04. The van der Waals surface area contributed by atoms with Crippen LogP contribution in [0.25, 0.3) is 0 Å². The molecule has 0 bridgehead atoms. The van der Waals surface area contributed by atoms with Gasteiger partial charge in [-0.2, -0.15) is 0 Å². The molecule has 128 valence electrons. The molecule has 0 aliphatic heterocycles. The summed E-state index contributed by atoms with van der Waals surface area (Å²) in [7, 11) is 2.01. The minimum absolute atomic E-state index is 0.142. The molecule has 0 radical (unpaired) electrons. The molecule has 0 saturated carbocycles. The van der Waals surface area contributed by atoms with Crippen LogP contribution in [0.1, 0.15) is 29.8 Å². The molecule has 1 amide bonds. The van der Waals surface area contributed by atoms with E-state index in [2.05, 4.69) is 17.1 Å². The van der Waals surface area contributed by atoms with Gasteiger partial charge in [-0.25, -0.2) is 0 Å². The van der Waals surface area contributed by atoms with E-state index in [1.54, 1.807) is 30.3 Å². The molecule has 0 aromatic heterocycles. The van der Waals surface area contributed by atoms with Gasteiger partial charge in [-0.15, -0.1) is 0 Å². The van der Waals surface area contributed by atoms with E-state index in [4.69, 9.17) is 4.74 Å². The molecule has 24 heavy (non-hydrogen) atoms.